The van der Waals surface area contributed by atoms with E-state index in [0.29, 0.717) is 24.5 Å². The molecule has 0 aliphatic carbocycles. The summed E-state index contributed by atoms with van der Waals surface area (Å²) >= 11 is 0. The number of fused-ring (bicyclic) bond motifs is 1. The molecule has 0 saturated heterocycles. The van der Waals surface area contributed by atoms with Gasteiger partial charge in [0.1, 0.15) is 11.5 Å². The molecule has 0 fully saturated rings. The van der Waals surface area contributed by atoms with Crippen LogP contribution in [0.2, 0.25) is 0 Å². The molecule has 0 aromatic carbocycles. The highest BCUT2D eigenvalue weighted by Gasteiger charge is 2.24. The summed E-state index contributed by atoms with van der Waals surface area (Å²) in [5.74, 6) is 1.29. The Morgan fingerprint density at radius 3 is 3.06 bits per heavy atom. The van der Waals surface area contributed by atoms with E-state index in [4.69, 9.17) is 13.9 Å². The van der Waals surface area contributed by atoms with Crippen molar-refractivity contribution in [3.8, 4) is 5.75 Å². The van der Waals surface area contributed by atoms with Crippen LogP contribution < -0.4 is 10.4 Å². The van der Waals surface area contributed by atoms with E-state index in [0.717, 1.165) is 18.4 Å². The van der Waals surface area contributed by atoms with Crippen molar-refractivity contribution in [2.45, 2.75) is 38.9 Å². The van der Waals surface area contributed by atoms with Gasteiger partial charge in [-0.15, -0.1) is 0 Å². The van der Waals surface area contributed by atoms with E-state index in [1.54, 1.807) is 7.11 Å². The van der Waals surface area contributed by atoms with E-state index in [-0.39, 0.29) is 11.7 Å². The molecule has 16 heavy (non-hydrogen) atoms. The molecule has 0 radical (unpaired) electrons. The smallest absolute Gasteiger partial charge is 0.339 e. The average Bonchev–Trinajstić information content (AvgIpc) is 2.27. The summed E-state index contributed by atoms with van der Waals surface area (Å²) in [7, 11) is 1.55. The first-order valence-electron chi connectivity index (χ1n) is 5.56. The number of hydrogen-bond acceptors (Lipinski definition) is 4. The Balaban J connectivity index is 2.31. The molecular weight excluding hydrogens is 208 g/mol. The van der Waals surface area contributed by atoms with Crippen LogP contribution in [0, 0.1) is 0 Å². The fourth-order valence-electron chi connectivity index (χ4n) is 2.02. The molecule has 0 N–H and O–H groups in total. The van der Waals surface area contributed by atoms with Gasteiger partial charge in [-0.05, 0) is 6.42 Å². The summed E-state index contributed by atoms with van der Waals surface area (Å²) in [6, 6.07) is 1.36. The molecule has 1 aliphatic heterocycles. The summed E-state index contributed by atoms with van der Waals surface area (Å²) in [6.45, 7) is 2.58. The normalized spacial score (nSPS) is 19.2. The first-order chi connectivity index (χ1) is 7.74. The van der Waals surface area contributed by atoms with Crippen LogP contribution in [0.1, 0.15) is 31.1 Å². The van der Waals surface area contributed by atoms with E-state index in [1.807, 2.05) is 0 Å². The zero-order valence-corrected chi connectivity index (χ0v) is 9.62. The van der Waals surface area contributed by atoms with E-state index in [9.17, 15) is 4.79 Å². The summed E-state index contributed by atoms with van der Waals surface area (Å²) in [5, 5.41) is 0. The number of hydrogen-bond donors (Lipinski definition) is 0. The van der Waals surface area contributed by atoms with E-state index in [1.165, 1.54) is 6.07 Å². The molecule has 1 aliphatic rings. The standard InChI is InChI=1S/C12H16O4/c1-3-4-8-5-11-9(7-15-8)10(14-2)6-12(13)16-11/h6,8H,3-5,7H2,1-2H3/t8-/m0/s1. The largest absolute Gasteiger partial charge is 0.496 e. The molecule has 1 aromatic heterocycles. The maximum Gasteiger partial charge on any atom is 0.339 e. The molecule has 4 heteroatoms. The molecule has 0 bridgehead atoms. The topological polar surface area (TPSA) is 48.7 Å². The van der Waals surface area contributed by atoms with Crippen molar-refractivity contribution in [1.82, 2.24) is 0 Å². The van der Waals surface area contributed by atoms with Gasteiger partial charge in [0.05, 0.1) is 31.5 Å². The zero-order valence-electron chi connectivity index (χ0n) is 9.62. The maximum absolute atomic E-state index is 11.3. The second-order valence-electron chi connectivity index (χ2n) is 3.96. The van der Waals surface area contributed by atoms with Gasteiger partial charge in [0.15, 0.2) is 0 Å². The quantitative estimate of drug-likeness (QED) is 0.786. The second kappa shape index (κ2) is 4.70. The van der Waals surface area contributed by atoms with Gasteiger partial charge in [-0.2, -0.15) is 0 Å². The van der Waals surface area contributed by atoms with Gasteiger partial charge in [-0.3, -0.25) is 0 Å². The Kier molecular flexibility index (Phi) is 3.29. The van der Waals surface area contributed by atoms with Crippen LogP contribution in [0.5, 0.6) is 5.75 Å². The van der Waals surface area contributed by atoms with Gasteiger partial charge in [0, 0.05) is 6.42 Å². The molecule has 0 amide bonds. The Morgan fingerprint density at radius 1 is 1.56 bits per heavy atom. The van der Waals surface area contributed by atoms with Crippen molar-refractivity contribution in [3.05, 3.63) is 27.8 Å². The molecule has 0 spiro atoms. The second-order valence-corrected chi connectivity index (χ2v) is 3.96. The van der Waals surface area contributed by atoms with E-state index in [2.05, 4.69) is 6.92 Å². The van der Waals surface area contributed by atoms with E-state index >= 15 is 0 Å². The van der Waals surface area contributed by atoms with Crippen molar-refractivity contribution >= 4 is 0 Å². The number of ether oxygens (including phenoxy) is 2. The molecule has 88 valence electrons. The summed E-state index contributed by atoms with van der Waals surface area (Å²) < 4.78 is 16.0. The van der Waals surface area contributed by atoms with E-state index < -0.39 is 0 Å². The predicted octanol–water partition coefficient (Wildman–Crippen LogP) is 1.89. The minimum Gasteiger partial charge on any atom is -0.496 e. The van der Waals surface area contributed by atoms with Crippen LogP contribution in [-0.2, 0) is 17.8 Å². The fraction of sp³-hybridized carbons (Fsp3) is 0.583. The lowest BCUT2D eigenvalue weighted by Crippen LogP contribution is -2.24. The number of rotatable bonds is 3. The number of methoxy groups -OCH3 is 1. The molecule has 2 heterocycles. The minimum atomic E-state index is -0.354. The molecule has 0 unspecified atom stereocenters. The van der Waals surface area contributed by atoms with Crippen molar-refractivity contribution in [1.29, 1.82) is 0 Å². The minimum absolute atomic E-state index is 0.160. The summed E-state index contributed by atoms with van der Waals surface area (Å²) in [5.41, 5.74) is 0.516. The molecule has 1 aromatic rings. The van der Waals surface area contributed by atoms with Crippen LogP contribution in [0.4, 0.5) is 0 Å². The fourth-order valence-corrected chi connectivity index (χ4v) is 2.02. The molecule has 1 atom stereocenters. The van der Waals surface area contributed by atoms with Crippen molar-refractivity contribution < 1.29 is 13.9 Å². The monoisotopic (exact) mass is 224 g/mol. The summed E-state index contributed by atoms with van der Waals surface area (Å²) in [4.78, 5) is 11.3. The third kappa shape index (κ3) is 2.11. The molecule has 4 nitrogen and oxygen atoms in total. The van der Waals surface area contributed by atoms with Crippen LogP contribution in [0.15, 0.2) is 15.3 Å². The molecule has 0 saturated carbocycles. The van der Waals surface area contributed by atoms with Gasteiger partial charge in [-0.25, -0.2) is 4.79 Å². The zero-order chi connectivity index (χ0) is 11.5. The lowest BCUT2D eigenvalue weighted by molar-refractivity contribution is 0.0135. The third-order valence-corrected chi connectivity index (χ3v) is 2.81. The third-order valence-electron chi connectivity index (χ3n) is 2.81. The Bertz CT molecular complexity index is 422. The predicted molar refractivity (Wildman–Crippen MR) is 58.7 cm³/mol. The van der Waals surface area contributed by atoms with Crippen molar-refractivity contribution in [2.75, 3.05) is 7.11 Å². The summed E-state index contributed by atoms with van der Waals surface area (Å²) in [6.07, 6.45) is 2.87. The lowest BCUT2D eigenvalue weighted by atomic mass is 10.0. The maximum atomic E-state index is 11.3. The first-order valence-corrected chi connectivity index (χ1v) is 5.56. The van der Waals surface area contributed by atoms with Gasteiger partial charge >= 0.3 is 5.63 Å². The highest BCUT2D eigenvalue weighted by Crippen LogP contribution is 2.28. The Morgan fingerprint density at radius 2 is 2.38 bits per heavy atom. The average molecular weight is 224 g/mol. The first kappa shape index (κ1) is 11.2. The van der Waals surface area contributed by atoms with Gasteiger partial charge in [-0.1, -0.05) is 13.3 Å². The highest BCUT2D eigenvalue weighted by atomic mass is 16.5. The molecule has 2 rings (SSSR count). The lowest BCUT2D eigenvalue weighted by Gasteiger charge is -2.24. The highest BCUT2D eigenvalue weighted by molar-refractivity contribution is 5.34. The van der Waals surface area contributed by atoms with Crippen molar-refractivity contribution in [3.63, 3.8) is 0 Å². The van der Waals surface area contributed by atoms with Crippen LogP contribution in [0.3, 0.4) is 0 Å². The van der Waals surface area contributed by atoms with Crippen LogP contribution in [0.25, 0.3) is 0 Å². The van der Waals surface area contributed by atoms with Crippen LogP contribution >= 0.6 is 0 Å². The van der Waals surface area contributed by atoms with Gasteiger partial charge in [0.2, 0.25) is 0 Å². The van der Waals surface area contributed by atoms with Gasteiger partial charge < -0.3 is 13.9 Å². The SMILES string of the molecule is CCC[C@H]1Cc2oc(=O)cc(OC)c2CO1. The van der Waals surface area contributed by atoms with Crippen LogP contribution in [-0.4, -0.2) is 13.2 Å². The Hall–Kier alpha value is -1.29. The van der Waals surface area contributed by atoms with Gasteiger partial charge in [0.25, 0.3) is 0 Å². The molecular formula is C12H16O4. The van der Waals surface area contributed by atoms with Crippen molar-refractivity contribution in [2.24, 2.45) is 0 Å². The Labute approximate surface area is 94.2 Å².